The highest BCUT2D eigenvalue weighted by atomic mass is 16.6. The van der Waals surface area contributed by atoms with Crippen LogP contribution in [0.4, 0.5) is 5.95 Å². The minimum atomic E-state index is -0.732. The highest BCUT2D eigenvalue weighted by Crippen LogP contribution is 2.32. The molecule has 1 saturated heterocycles. The molecule has 0 bridgehead atoms. The lowest BCUT2D eigenvalue weighted by Gasteiger charge is -2.28. The number of nitrogens with zero attached hydrogens (tertiary/aromatic N) is 3. The Balaban J connectivity index is 1.53. The SMILES string of the molecule is O=C(c1nc(N2CCNCC2)nc2ccccc12)C1COc2ccccc2O1. The van der Waals surface area contributed by atoms with Crippen LogP contribution in [0.5, 0.6) is 11.5 Å². The molecule has 0 saturated carbocycles. The summed E-state index contributed by atoms with van der Waals surface area (Å²) in [6.07, 6.45) is -0.732. The number of ketones is 1. The summed E-state index contributed by atoms with van der Waals surface area (Å²) < 4.78 is 11.7. The highest BCUT2D eigenvalue weighted by molar-refractivity contribution is 6.08. The topological polar surface area (TPSA) is 76.6 Å². The Hall–Kier alpha value is -3.19. The molecular formula is C21H20N4O3. The Morgan fingerprint density at radius 1 is 1.00 bits per heavy atom. The van der Waals surface area contributed by atoms with Gasteiger partial charge in [0.2, 0.25) is 11.7 Å². The molecule has 1 atom stereocenters. The van der Waals surface area contributed by atoms with Crippen LogP contribution in [0.2, 0.25) is 0 Å². The summed E-state index contributed by atoms with van der Waals surface area (Å²) in [5, 5.41) is 4.05. The van der Waals surface area contributed by atoms with Crippen molar-refractivity contribution in [3.05, 3.63) is 54.2 Å². The van der Waals surface area contributed by atoms with Gasteiger partial charge in [-0.3, -0.25) is 4.79 Å². The zero-order valence-electron chi connectivity index (χ0n) is 15.3. The molecule has 7 nitrogen and oxygen atoms in total. The Morgan fingerprint density at radius 2 is 1.75 bits per heavy atom. The molecule has 0 spiro atoms. The van der Waals surface area contributed by atoms with Crippen LogP contribution in [-0.2, 0) is 0 Å². The fourth-order valence-corrected chi connectivity index (χ4v) is 3.56. The summed E-state index contributed by atoms with van der Waals surface area (Å²) in [4.78, 5) is 24.8. The third-order valence-electron chi connectivity index (χ3n) is 5.03. The van der Waals surface area contributed by atoms with Gasteiger partial charge in [-0.05, 0) is 18.2 Å². The maximum atomic E-state index is 13.3. The van der Waals surface area contributed by atoms with E-state index in [-0.39, 0.29) is 12.4 Å². The molecule has 1 N–H and O–H groups in total. The van der Waals surface area contributed by atoms with E-state index in [1.54, 1.807) is 6.07 Å². The number of Topliss-reactive ketones (excluding diaryl/α,β-unsaturated/α-hetero) is 1. The van der Waals surface area contributed by atoms with Gasteiger partial charge in [0.15, 0.2) is 17.6 Å². The molecule has 1 aromatic heterocycles. The number of carbonyl (C=O) groups excluding carboxylic acids is 1. The number of ether oxygens (including phenoxy) is 2. The van der Waals surface area contributed by atoms with Crippen molar-refractivity contribution in [3.8, 4) is 11.5 Å². The number of carbonyl (C=O) groups is 1. The van der Waals surface area contributed by atoms with Crippen LogP contribution in [0.15, 0.2) is 48.5 Å². The monoisotopic (exact) mass is 376 g/mol. The summed E-state index contributed by atoms with van der Waals surface area (Å²) in [5.74, 6) is 1.62. The molecule has 2 aliphatic heterocycles. The number of rotatable bonds is 3. The maximum Gasteiger partial charge on any atom is 0.226 e. The molecular weight excluding hydrogens is 356 g/mol. The molecule has 1 fully saturated rings. The molecule has 1 unspecified atom stereocenters. The van der Waals surface area contributed by atoms with Crippen LogP contribution in [0.25, 0.3) is 10.9 Å². The van der Waals surface area contributed by atoms with Crippen molar-refractivity contribution >= 4 is 22.6 Å². The lowest BCUT2D eigenvalue weighted by molar-refractivity contribution is 0.0582. The second-order valence-corrected chi connectivity index (χ2v) is 6.85. The molecule has 5 rings (SSSR count). The largest absolute Gasteiger partial charge is 0.485 e. The zero-order valence-corrected chi connectivity index (χ0v) is 15.3. The minimum Gasteiger partial charge on any atom is -0.485 e. The Bertz CT molecular complexity index is 1030. The van der Waals surface area contributed by atoms with E-state index in [0.29, 0.717) is 23.1 Å². The lowest BCUT2D eigenvalue weighted by Crippen LogP contribution is -2.44. The van der Waals surface area contributed by atoms with Crippen molar-refractivity contribution in [2.75, 3.05) is 37.7 Å². The fourth-order valence-electron chi connectivity index (χ4n) is 3.56. The van der Waals surface area contributed by atoms with E-state index in [0.717, 1.165) is 37.1 Å². The Labute approximate surface area is 162 Å². The molecule has 3 aromatic rings. The first-order chi connectivity index (χ1) is 13.8. The number of piperazine rings is 1. The van der Waals surface area contributed by atoms with E-state index in [1.165, 1.54) is 0 Å². The van der Waals surface area contributed by atoms with Gasteiger partial charge in [-0.1, -0.05) is 30.3 Å². The van der Waals surface area contributed by atoms with Crippen molar-refractivity contribution in [3.63, 3.8) is 0 Å². The summed E-state index contributed by atoms with van der Waals surface area (Å²) in [6, 6.07) is 15.0. The number of aromatic nitrogens is 2. The second-order valence-electron chi connectivity index (χ2n) is 6.85. The van der Waals surface area contributed by atoms with Gasteiger partial charge in [-0.25, -0.2) is 9.97 Å². The van der Waals surface area contributed by atoms with Gasteiger partial charge in [0, 0.05) is 31.6 Å². The van der Waals surface area contributed by atoms with Gasteiger partial charge < -0.3 is 19.7 Å². The van der Waals surface area contributed by atoms with Crippen LogP contribution in [-0.4, -0.2) is 54.6 Å². The number of hydrogen-bond donors (Lipinski definition) is 1. The van der Waals surface area contributed by atoms with E-state index in [4.69, 9.17) is 9.47 Å². The van der Waals surface area contributed by atoms with Crippen LogP contribution in [0.1, 0.15) is 10.5 Å². The fraction of sp³-hybridized carbons (Fsp3) is 0.286. The van der Waals surface area contributed by atoms with E-state index < -0.39 is 6.10 Å². The van der Waals surface area contributed by atoms with Crippen LogP contribution >= 0.6 is 0 Å². The number of anilines is 1. The van der Waals surface area contributed by atoms with Crippen LogP contribution in [0.3, 0.4) is 0 Å². The number of hydrogen-bond acceptors (Lipinski definition) is 7. The molecule has 0 amide bonds. The average Bonchev–Trinajstić information content (AvgIpc) is 2.78. The summed E-state index contributed by atoms with van der Waals surface area (Å²) >= 11 is 0. The van der Waals surface area contributed by atoms with E-state index in [9.17, 15) is 4.79 Å². The van der Waals surface area contributed by atoms with Crippen LogP contribution < -0.4 is 19.7 Å². The van der Waals surface area contributed by atoms with Gasteiger partial charge in [-0.2, -0.15) is 0 Å². The number of fused-ring (bicyclic) bond motifs is 2. The second kappa shape index (κ2) is 7.09. The van der Waals surface area contributed by atoms with Gasteiger partial charge in [0.1, 0.15) is 12.3 Å². The van der Waals surface area contributed by atoms with Crippen molar-refractivity contribution in [2.45, 2.75) is 6.10 Å². The lowest BCUT2D eigenvalue weighted by atomic mass is 10.1. The number of benzene rings is 2. The van der Waals surface area contributed by atoms with Gasteiger partial charge in [-0.15, -0.1) is 0 Å². The average molecular weight is 376 g/mol. The summed E-state index contributed by atoms with van der Waals surface area (Å²) in [5.41, 5.74) is 1.14. The Morgan fingerprint density at radius 3 is 2.61 bits per heavy atom. The van der Waals surface area contributed by atoms with E-state index in [2.05, 4.69) is 20.2 Å². The highest BCUT2D eigenvalue weighted by Gasteiger charge is 2.31. The molecule has 0 aliphatic carbocycles. The van der Waals surface area contributed by atoms with E-state index in [1.807, 2.05) is 42.5 Å². The van der Waals surface area contributed by atoms with Crippen molar-refractivity contribution in [2.24, 2.45) is 0 Å². The molecule has 2 aliphatic rings. The molecule has 142 valence electrons. The quantitative estimate of drug-likeness (QED) is 0.701. The molecule has 0 radical (unpaired) electrons. The maximum absolute atomic E-state index is 13.3. The van der Waals surface area contributed by atoms with Crippen LogP contribution in [0, 0.1) is 0 Å². The summed E-state index contributed by atoms with van der Waals surface area (Å²) in [6.45, 7) is 3.52. The predicted molar refractivity (Wildman–Crippen MR) is 105 cm³/mol. The molecule has 2 aromatic carbocycles. The van der Waals surface area contributed by atoms with Gasteiger partial charge in [0.05, 0.1) is 5.52 Å². The normalized spacial score (nSPS) is 18.9. The molecule has 3 heterocycles. The third-order valence-corrected chi connectivity index (χ3v) is 5.03. The molecule has 7 heteroatoms. The third kappa shape index (κ3) is 3.03. The van der Waals surface area contributed by atoms with Crippen molar-refractivity contribution < 1.29 is 14.3 Å². The predicted octanol–water partition coefficient (Wildman–Crippen LogP) is 2.06. The van der Waals surface area contributed by atoms with Gasteiger partial charge >= 0.3 is 0 Å². The minimum absolute atomic E-state index is 0.164. The number of para-hydroxylation sites is 3. The first-order valence-corrected chi connectivity index (χ1v) is 9.45. The van der Waals surface area contributed by atoms with E-state index >= 15 is 0 Å². The standard InChI is InChI=1S/C21H20N4O3/c26-20(18-13-27-16-7-3-4-8-17(16)28-18)19-14-5-1-2-6-15(14)23-21(24-19)25-11-9-22-10-12-25/h1-8,18,22H,9-13H2. The van der Waals surface area contributed by atoms with Crippen molar-refractivity contribution in [1.29, 1.82) is 0 Å². The van der Waals surface area contributed by atoms with Gasteiger partial charge in [0.25, 0.3) is 0 Å². The molecule has 28 heavy (non-hydrogen) atoms. The first kappa shape index (κ1) is 16.9. The van der Waals surface area contributed by atoms with Crippen molar-refractivity contribution in [1.82, 2.24) is 15.3 Å². The smallest absolute Gasteiger partial charge is 0.226 e. The number of nitrogens with one attached hydrogen (secondary N) is 1. The summed E-state index contributed by atoms with van der Waals surface area (Å²) in [7, 11) is 0. The Kier molecular flexibility index (Phi) is 4.29. The zero-order chi connectivity index (χ0) is 18.9. The first-order valence-electron chi connectivity index (χ1n) is 9.45.